The minimum Gasteiger partial charge on any atom is -0.378 e. The van der Waals surface area contributed by atoms with Gasteiger partial charge < -0.3 is 10.1 Å². The minimum atomic E-state index is -3.82. The highest BCUT2D eigenvalue weighted by Gasteiger charge is 2.38. The molecule has 1 amide bonds. The number of nitrogens with zero attached hydrogens (tertiary/aromatic N) is 2. The molecule has 1 atom stereocenters. The fourth-order valence-corrected chi connectivity index (χ4v) is 3.74. The quantitative estimate of drug-likeness (QED) is 0.784. The number of hydrogen-bond donors (Lipinski definition) is 1. The van der Waals surface area contributed by atoms with Crippen LogP contribution in [0.15, 0.2) is 23.2 Å². The maximum atomic E-state index is 12.6. The molecule has 0 aromatic carbocycles. The average molecular weight is 320 g/mol. The van der Waals surface area contributed by atoms with E-state index >= 15 is 0 Å². The number of carbonyl (C=O) groups is 1. The Labute approximate surface area is 121 Å². The van der Waals surface area contributed by atoms with E-state index in [9.17, 15) is 13.2 Å². The molecule has 1 saturated heterocycles. The van der Waals surface area contributed by atoms with Gasteiger partial charge in [-0.25, -0.2) is 13.4 Å². The second-order valence-corrected chi connectivity index (χ2v) is 6.41. The molecule has 0 bridgehead atoms. The number of hydrogen-bond acceptors (Lipinski definition) is 5. The molecule has 0 aliphatic carbocycles. The Hall–Kier alpha value is -1.22. The van der Waals surface area contributed by atoms with Gasteiger partial charge in [-0.05, 0) is 12.1 Å². The van der Waals surface area contributed by atoms with Gasteiger partial charge in [0.1, 0.15) is 11.2 Å². The number of aromatic nitrogens is 1. The van der Waals surface area contributed by atoms with E-state index in [2.05, 4.69) is 10.3 Å². The molecule has 0 radical (unpaired) electrons. The molecule has 9 heteroatoms. The van der Waals surface area contributed by atoms with Crippen LogP contribution in [0.4, 0.5) is 0 Å². The van der Waals surface area contributed by atoms with Crippen molar-refractivity contribution in [1.29, 1.82) is 0 Å². The molecule has 0 saturated carbocycles. The summed E-state index contributed by atoms with van der Waals surface area (Å²) in [5, 5.41) is 2.52. The summed E-state index contributed by atoms with van der Waals surface area (Å²) in [4.78, 5) is 15.5. The number of morpholine rings is 1. The first-order valence-electron chi connectivity index (χ1n) is 5.89. The van der Waals surface area contributed by atoms with Gasteiger partial charge in [0.25, 0.3) is 0 Å². The largest absolute Gasteiger partial charge is 0.378 e. The zero-order chi connectivity index (χ0) is 14.8. The summed E-state index contributed by atoms with van der Waals surface area (Å²) in [5.41, 5.74) is 0. The zero-order valence-corrected chi connectivity index (χ0v) is 12.3. The highest BCUT2D eigenvalue weighted by Crippen LogP contribution is 2.22. The highest BCUT2D eigenvalue weighted by molar-refractivity contribution is 7.89. The Morgan fingerprint density at radius 3 is 3.00 bits per heavy atom. The first kappa shape index (κ1) is 15.2. The van der Waals surface area contributed by atoms with Gasteiger partial charge in [0.15, 0.2) is 0 Å². The van der Waals surface area contributed by atoms with Crippen molar-refractivity contribution in [2.75, 3.05) is 26.8 Å². The van der Waals surface area contributed by atoms with E-state index in [4.69, 9.17) is 16.3 Å². The number of nitrogens with one attached hydrogen (secondary N) is 1. The summed E-state index contributed by atoms with van der Waals surface area (Å²) in [5.74, 6) is -0.409. The van der Waals surface area contributed by atoms with Crippen molar-refractivity contribution in [3.05, 3.63) is 23.5 Å². The van der Waals surface area contributed by atoms with Crippen molar-refractivity contribution < 1.29 is 17.9 Å². The molecule has 1 N–H and O–H groups in total. The lowest BCUT2D eigenvalue weighted by Gasteiger charge is -2.33. The molecule has 1 aliphatic rings. The topological polar surface area (TPSA) is 88.6 Å². The fraction of sp³-hybridized carbons (Fsp3) is 0.455. The third-order valence-corrected chi connectivity index (χ3v) is 5.04. The predicted molar refractivity (Wildman–Crippen MR) is 71.8 cm³/mol. The number of ether oxygens (including phenoxy) is 1. The number of pyridine rings is 1. The van der Waals surface area contributed by atoms with Crippen molar-refractivity contribution in [1.82, 2.24) is 14.6 Å². The van der Waals surface area contributed by atoms with Crippen LogP contribution >= 0.6 is 11.6 Å². The standard InChI is InChI=1S/C11H14ClN3O4S/c1-13-11(16)9-7-19-5-4-15(9)20(17,18)8-2-3-14-10(12)6-8/h2-3,6,9H,4-5,7H2,1H3,(H,13,16). The number of sulfonamides is 1. The van der Waals surface area contributed by atoms with Crippen LogP contribution in [-0.4, -0.2) is 56.5 Å². The molecule has 1 aliphatic heterocycles. The lowest BCUT2D eigenvalue weighted by atomic mass is 10.2. The van der Waals surface area contributed by atoms with Crippen LogP contribution in [0.2, 0.25) is 5.15 Å². The highest BCUT2D eigenvalue weighted by atomic mass is 35.5. The van der Waals surface area contributed by atoms with Crippen LogP contribution in [0.5, 0.6) is 0 Å². The first-order valence-corrected chi connectivity index (χ1v) is 7.71. The molecule has 2 rings (SSSR count). The van der Waals surface area contributed by atoms with Crippen molar-refractivity contribution in [2.24, 2.45) is 0 Å². The fourth-order valence-electron chi connectivity index (χ4n) is 1.93. The van der Waals surface area contributed by atoms with Crippen molar-refractivity contribution in [3.8, 4) is 0 Å². The van der Waals surface area contributed by atoms with Gasteiger partial charge in [0, 0.05) is 19.8 Å². The molecular weight excluding hydrogens is 306 g/mol. The summed E-state index contributed by atoms with van der Waals surface area (Å²) < 4.78 is 31.5. The maximum Gasteiger partial charge on any atom is 0.244 e. The monoisotopic (exact) mass is 319 g/mol. The summed E-state index contributed by atoms with van der Waals surface area (Å²) in [6, 6.07) is 1.72. The normalized spacial score (nSPS) is 20.6. The third kappa shape index (κ3) is 2.93. The summed E-state index contributed by atoms with van der Waals surface area (Å²) in [7, 11) is -2.37. The van der Waals surface area contributed by atoms with Crippen molar-refractivity contribution in [3.63, 3.8) is 0 Å². The molecule has 7 nitrogen and oxygen atoms in total. The van der Waals surface area contributed by atoms with Crippen LogP contribution in [0.1, 0.15) is 0 Å². The maximum absolute atomic E-state index is 12.6. The number of likely N-dealkylation sites (N-methyl/N-ethyl adjacent to an activating group) is 1. The Kier molecular flexibility index (Phi) is 4.59. The summed E-state index contributed by atoms with van der Waals surface area (Å²) >= 11 is 5.72. The molecular formula is C11H14ClN3O4S. The number of amides is 1. The van der Waals surface area contributed by atoms with E-state index in [0.29, 0.717) is 0 Å². The van der Waals surface area contributed by atoms with Gasteiger partial charge in [-0.3, -0.25) is 4.79 Å². The number of rotatable bonds is 3. The Morgan fingerprint density at radius 2 is 2.35 bits per heavy atom. The smallest absolute Gasteiger partial charge is 0.244 e. The van der Waals surface area contributed by atoms with Crippen LogP contribution in [-0.2, 0) is 19.6 Å². The summed E-state index contributed by atoms with van der Waals surface area (Å²) in [6.07, 6.45) is 1.31. The number of carbonyl (C=O) groups excluding carboxylic acids is 1. The average Bonchev–Trinajstić information content (AvgIpc) is 2.46. The lowest BCUT2D eigenvalue weighted by Crippen LogP contribution is -2.55. The van der Waals surface area contributed by atoms with Gasteiger partial charge in [-0.15, -0.1) is 0 Å². The number of halogens is 1. The van der Waals surface area contributed by atoms with Crippen molar-refractivity contribution in [2.45, 2.75) is 10.9 Å². The molecule has 0 spiro atoms. The summed E-state index contributed by atoms with van der Waals surface area (Å²) in [6.45, 7) is 0.379. The predicted octanol–water partition coefficient (Wildman–Crippen LogP) is -0.130. The van der Waals surface area contributed by atoms with E-state index in [0.717, 1.165) is 4.31 Å². The molecule has 2 heterocycles. The van der Waals surface area contributed by atoms with E-state index < -0.39 is 22.0 Å². The second kappa shape index (κ2) is 6.04. The van der Waals surface area contributed by atoms with Gasteiger partial charge in [-0.1, -0.05) is 11.6 Å². The van der Waals surface area contributed by atoms with Gasteiger partial charge in [-0.2, -0.15) is 4.31 Å². The third-order valence-electron chi connectivity index (χ3n) is 2.93. The van der Waals surface area contributed by atoms with E-state index in [1.165, 1.54) is 25.4 Å². The first-order chi connectivity index (χ1) is 9.46. The van der Waals surface area contributed by atoms with Gasteiger partial charge in [0.05, 0.1) is 18.1 Å². The Balaban J connectivity index is 2.38. The van der Waals surface area contributed by atoms with Gasteiger partial charge in [0.2, 0.25) is 15.9 Å². The zero-order valence-electron chi connectivity index (χ0n) is 10.7. The lowest BCUT2D eigenvalue weighted by molar-refractivity contribution is -0.128. The van der Waals surface area contributed by atoms with E-state index in [1.807, 2.05) is 0 Å². The molecule has 1 fully saturated rings. The van der Waals surface area contributed by atoms with Crippen LogP contribution in [0, 0.1) is 0 Å². The van der Waals surface area contributed by atoms with Crippen molar-refractivity contribution >= 4 is 27.5 Å². The Bertz CT molecular complexity index is 607. The SMILES string of the molecule is CNC(=O)C1COCCN1S(=O)(=O)c1ccnc(Cl)c1. The molecule has 1 aromatic rings. The second-order valence-electron chi connectivity index (χ2n) is 4.13. The minimum absolute atomic E-state index is 0.00769. The van der Waals surface area contributed by atoms with E-state index in [-0.39, 0.29) is 29.8 Å². The van der Waals surface area contributed by atoms with E-state index in [1.54, 1.807) is 0 Å². The van der Waals surface area contributed by atoms with Gasteiger partial charge >= 0.3 is 0 Å². The van der Waals surface area contributed by atoms with Crippen LogP contribution < -0.4 is 5.32 Å². The van der Waals surface area contributed by atoms with Crippen LogP contribution in [0.25, 0.3) is 0 Å². The molecule has 1 unspecified atom stereocenters. The molecule has 20 heavy (non-hydrogen) atoms. The Morgan fingerprint density at radius 1 is 1.60 bits per heavy atom. The molecule has 110 valence electrons. The molecule has 1 aromatic heterocycles. The van der Waals surface area contributed by atoms with Crippen LogP contribution in [0.3, 0.4) is 0 Å².